The third-order valence-electron chi connectivity index (χ3n) is 5.84. The molecular formula is C28H54O4. The first-order valence-electron chi connectivity index (χ1n) is 13.8. The molecule has 0 saturated heterocycles. The van der Waals surface area contributed by atoms with E-state index in [4.69, 9.17) is 9.47 Å². The van der Waals surface area contributed by atoms with Gasteiger partial charge in [0.2, 0.25) is 0 Å². The van der Waals surface area contributed by atoms with Crippen molar-refractivity contribution in [2.45, 2.75) is 142 Å². The molecule has 0 aliphatic rings. The zero-order valence-corrected chi connectivity index (χ0v) is 21.5. The number of aliphatic hydroxyl groups is 1. The highest BCUT2D eigenvalue weighted by Crippen LogP contribution is 2.11. The topological polar surface area (TPSA) is 55.8 Å². The summed E-state index contributed by atoms with van der Waals surface area (Å²) in [5, 5.41) is 9.30. The first-order valence-corrected chi connectivity index (χ1v) is 13.8. The average molecular weight is 455 g/mol. The van der Waals surface area contributed by atoms with E-state index < -0.39 is 6.10 Å². The van der Waals surface area contributed by atoms with Crippen LogP contribution in [0.15, 0.2) is 12.2 Å². The number of unbranched alkanes of at least 4 members (excludes halogenated alkanes) is 15. The highest BCUT2D eigenvalue weighted by molar-refractivity contribution is 5.69. The Hall–Kier alpha value is -0.870. The van der Waals surface area contributed by atoms with Crippen LogP contribution in [0.5, 0.6) is 0 Å². The van der Waals surface area contributed by atoms with Crippen molar-refractivity contribution in [3.8, 4) is 0 Å². The zero-order chi connectivity index (χ0) is 23.5. The first kappa shape index (κ1) is 31.1. The van der Waals surface area contributed by atoms with Gasteiger partial charge in [-0.2, -0.15) is 0 Å². The van der Waals surface area contributed by atoms with Gasteiger partial charge in [0.05, 0.1) is 13.2 Å². The standard InChI is InChI=1S/C28H54O4/c1-3-5-7-8-9-10-11-12-13-14-15-16-17-18-19-20-21-22-24-31-26-27(25-29)32-28(30)23-6-4-2/h12-13,27,29H,3-11,14-26H2,1-2H3/b13-12-. The molecule has 0 bridgehead atoms. The summed E-state index contributed by atoms with van der Waals surface area (Å²) < 4.78 is 10.8. The van der Waals surface area contributed by atoms with Gasteiger partial charge in [-0.25, -0.2) is 0 Å². The number of esters is 1. The molecule has 0 aromatic heterocycles. The molecule has 0 heterocycles. The van der Waals surface area contributed by atoms with Gasteiger partial charge in [0.1, 0.15) is 6.10 Å². The Kier molecular flexibility index (Phi) is 25.7. The predicted octanol–water partition coefficient (Wildman–Crippen LogP) is 7.92. The fourth-order valence-electron chi connectivity index (χ4n) is 3.71. The molecule has 4 nitrogen and oxygen atoms in total. The molecule has 4 heteroatoms. The van der Waals surface area contributed by atoms with Gasteiger partial charge < -0.3 is 14.6 Å². The summed E-state index contributed by atoms with van der Waals surface area (Å²) in [6.45, 7) is 5.11. The Bertz CT molecular complexity index is 408. The fraction of sp³-hybridized carbons (Fsp3) is 0.893. The van der Waals surface area contributed by atoms with Crippen molar-refractivity contribution in [3.05, 3.63) is 12.2 Å². The van der Waals surface area contributed by atoms with Crippen LogP contribution in [0.25, 0.3) is 0 Å². The third kappa shape index (κ3) is 23.8. The number of rotatable bonds is 25. The Labute approximate surface area is 199 Å². The molecule has 0 aromatic rings. The molecule has 1 unspecified atom stereocenters. The number of carbonyl (C=O) groups excluding carboxylic acids is 1. The van der Waals surface area contributed by atoms with Gasteiger partial charge >= 0.3 is 5.97 Å². The molecule has 0 saturated carbocycles. The van der Waals surface area contributed by atoms with Crippen molar-refractivity contribution in [1.82, 2.24) is 0 Å². The van der Waals surface area contributed by atoms with Crippen LogP contribution in [-0.4, -0.2) is 37.0 Å². The quantitative estimate of drug-likeness (QED) is 0.0864. The zero-order valence-electron chi connectivity index (χ0n) is 21.5. The molecule has 32 heavy (non-hydrogen) atoms. The van der Waals surface area contributed by atoms with Crippen LogP contribution >= 0.6 is 0 Å². The van der Waals surface area contributed by atoms with Crippen molar-refractivity contribution in [2.75, 3.05) is 19.8 Å². The van der Waals surface area contributed by atoms with E-state index in [1.807, 2.05) is 6.92 Å². The predicted molar refractivity (Wildman–Crippen MR) is 136 cm³/mol. The summed E-state index contributed by atoms with van der Waals surface area (Å²) in [6, 6.07) is 0. The lowest BCUT2D eigenvalue weighted by molar-refractivity contribution is -0.154. The maximum Gasteiger partial charge on any atom is 0.306 e. The van der Waals surface area contributed by atoms with Crippen molar-refractivity contribution in [2.24, 2.45) is 0 Å². The largest absolute Gasteiger partial charge is 0.457 e. The van der Waals surface area contributed by atoms with Crippen molar-refractivity contribution < 1.29 is 19.4 Å². The van der Waals surface area contributed by atoms with Crippen LogP contribution < -0.4 is 0 Å². The number of hydrogen-bond acceptors (Lipinski definition) is 4. The second-order valence-corrected chi connectivity index (χ2v) is 9.12. The van der Waals surface area contributed by atoms with Crippen LogP contribution in [0.4, 0.5) is 0 Å². The lowest BCUT2D eigenvalue weighted by Gasteiger charge is -2.15. The van der Waals surface area contributed by atoms with E-state index in [1.165, 1.54) is 96.3 Å². The minimum Gasteiger partial charge on any atom is -0.457 e. The first-order chi connectivity index (χ1) is 15.7. The number of hydrogen-bond donors (Lipinski definition) is 1. The van der Waals surface area contributed by atoms with E-state index >= 15 is 0 Å². The van der Waals surface area contributed by atoms with Gasteiger partial charge in [-0.15, -0.1) is 0 Å². The highest BCUT2D eigenvalue weighted by Gasteiger charge is 2.13. The summed E-state index contributed by atoms with van der Waals surface area (Å²) in [7, 11) is 0. The van der Waals surface area contributed by atoms with Gasteiger partial charge in [-0.1, -0.05) is 103 Å². The molecule has 1 N–H and O–H groups in total. The summed E-state index contributed by atoms with van der Waals surface area (Å²) in [6.07, 6.45) is 27.4. The van der Waals surface area contributed by atoms with E-state index in [9.17, 15) is 9.90 Å². The lowest BCUT2D eigenvalue weighted by atomic mass is 10.1. The van der Waals surface area contributed by atoms with Gasteiger partial charge in [-0.3, -0.25) is 4.79 Å². The van der Waals surface area contributed by atoms with Crippen LogP contribution in [-0.2, 0) is 14.3 Å². The Morgan fingerprint density at radius 3 is 1.75 bits per heavy atom. The van der Waals surface area contributed by atoms with Crippen molar-refractivity contribution >= 4 is 5.97 Å². The maximum absolute atomic E-state index is 11.6. The van der Waals surface area contributed by atoms with E-state index in [2.05, 4.69) is 19.1 Å². The second kappa shape index (κ2) is 26.4. The van der Waals surface area contributed by atoms with Gasteiger partial charge in [0.15, 0.2) is 0 Å². The number of carbonyl (C=O) groups is 1. The minimum absolute atomic E-state index is 0.174. The van der Waals surface area contributed by atoms with E-state index in [1.54, 1.807) is 0 Å². The summed E-state index contributed by atoms with van der Waals surface area (Å²) in [5.74, 6) is -0.237. The van der Waals surface area contributed by atoms with Crippen LogP contribution in [0, 0.1) is 0 Å². The molecule has 0 rings (SSSR count). The van der Waals surface area contributed by atoms with E-state index in [-0.39, 0.29) is 12.6 Å². The molecule has 190 valence electrons. The molecule has 0 spiro atoms. The van der Waals surface area contributed by atoms with Gasteiger partial charge in [0.25, 0.3) is 0 Å². The Morgan fingerprint density at radius 2 is 1.22 bits per heavy atom. The van der Waals surface area contributed by atoms with E-state index in [0.29, 0.717) is 19.6 Å². The molecular weight excluding hydrogens is 400 g/mol. The summed E-state index contributed by atoms with van der Waals surface area (Å²) >= 11 is 0. The SMILES string of the molecule is CCCCCCCC/C=C\CCCCCCCCCCOCC(CO)OC(=O)CCCC. The van der Waals surface area contributed by atoms with Crippen LogP contribution in [0.2, 0.25) is 0 Å². The fourth-order valence-corrected chi connectivity index (χ4v) is 3.71. The number of allylic oxidation sites excluding steroid dienone is 2. The second-order valence-electron chi connectivity index (χ2n) is 9.12. The number of ether oxygens (including phenoxy) is 2. The van der Waals surface area contributed by atoms with Gasteiger partial charge in [0, 0.05) is 13.0 Å². The normalized spacial score (nSPS) is 12.5. The van der Waals surface area contributed by atoms with E-state index in [0.717, 1.165) is 19.3 Å². The molecule has 0 aromatic carbocycles. The maximum atomic E-state index is 11.6. The molecule has 0 fully saturated rings. The van der Waals surface area contributed by atoms with Crippen LogP contribution in [0.3, 0.4) is 0 Å². The average Bonchev–Trinajstić information content (AvgIpc) is 2.80. The van der Waals surface area contributed by atoms with Crippen molar-refractivity contribution in [3.63, 3.8) is 0 Å². The van der Waals surface area contributed by atoms with Gasteiger partial charge in [-0.05, 0) is 38.5 Å². The monoisotopic (exact) mass is 454 g/mol. The Morgan fingerprint density at radius 1 is 0.719 bits per heavy atom. The van der Waals surface area contributed by atoms with Crippen molar-refractivity contribution in [1.29, 1.82) is 0 Å². The molecule has 0 aliphatic carbocycles. The minimum atomic E-state index is -0.523. The molecule has 1 atom stereocenters. The smallest absolute Gasteiger partial charge is 0.306 e. The molecule has 0 radical (unpaired) electrons. The lowest BCUT2D eigenvalue weighted by Crippen LogP contribution is -2.27. The highest BCUT2D eigenvalue weighted by atomic mass is 16.6. The molecule has 0 amide bonds. The van der Waals surface area contributed by atoms with Crippen LogP contribution in [0.1, 0.15) is 136 Å². The third-order valence-corrected chi connectivity index (χ3v) is 5.84. The Balaban J connectivity index is 3.30. The molecule has 0 aliphatic heterocycles. The summed E-state index contributed by atoms with van der Waals surface area (Å²) in [5.41, 5.74) is 0. The number of aliphatic hydroxyl groups excluding tert-OH is 1. The summed E-state index contributed by atoms with van der Waals surface area (Å²) in [4.78, 5) is 11.6.